The number of nitrogens with zero attached hydrogens (tertiary/aromatic N) is 2. The molecular weight excluding hydrogens is 424 g/mol. The first-order valence-corrected chi connectivity index (χ1v) is 12.1. The van der Waals surface area contributed by atoms with Crippen LogP contribution in [0.25, 0.3) is 11.0 Å². The van der Waals surface area contributed by atoms with Gasteiger partial charge in [-0.15, -0.1) is 0 Å². The Kier molecular flexibility index (Phi) is 5.21. The van der Waals surface area contributed by atoms with Crippen molar-refractivity contribution in [1.29, 1.82) is 0 Å². The fourth-order valence-corrected chi connectivity index (χ4v) is 5.89. The number of halogens is 1. The lowest BCUT2D eigenvalue weighted by molar-refractivity contribution is 0.0429. The summed E-state index contributed by atoms with van der Waals surface area (Å²) in [5.41, 5.74) is 2.52. The molecule has 0 bridgehead atoms. The molecule has 6 nitrogen and oxygen atoms in total. The number of amides is 1. The number of fused-ring (bicyclic) bond motifs is 4. The lowest BCUT2D eigenvalue weighted by Crippen LogP contribution is -2.54. The number of nitrogens with one attached hydrogen (secondary N) is 2. The lowest BCUT2D eigenvalue weighted by Gasteiger charge is -2.44. The van der Waals surface area contributed by atoms with E-state index in [1.807, 2.05) is 17.0 Å². The van der Waals surface area contributed by atoms with E-state index in [0.29, 0.717) is 23.9 Å². The van der Waals surface area contributed by atoms with Crippen molar-refractivity contribution in [2.75, 3.05) is 31.5 Å². The summed E-state index contributed by atoms with van der Waals surface area (Å²) in [7, 11) is 0. The Bertz CT molecular complexity index is 1070. The van der Waals surface area contributed by atoms with Gasteiger partial charge in [0.15, 0.2) is 5.76 Å². The van der Waals surface area contributed by atoms with Crippen molar-refractivity contribution in [3.05, 3.63) is 40.9 Å². The van der Waals surface area contributed by atoms with E-state index in [0.717, 1.165) is 66.8 Å². The highest BCUT2D eigenvalue weighted by atomic mass is 35.5. The molecule has 2 N–H and O–H groups in total. The fraction of sp³-hybridized carbons (Fsp3) is 0.560. The Morgan fingerprint density at radius 1 is 1.12 bits per heavy atom. The van der Waals surface area contributed by atoms with Crippen LogP contribution < -0.4 is 10.6 Å². The van der Waals surface area contributed by atoms with E-state index in [2.05, 4.69) is 42.9 Å². The first-order valence-electron chi connectivity index (χ1n) is 11.7. The molecule has 0 unspecified atom stereocenters. The summed E-state index contributed by atoms with van der Waals surface area (Å²) >= 11 is 6.71. The molecule has 1 saturated carbocycles. The molecular formula is C25H33ClN4O2. The molecule has 1 saturated heterocycles. The summed E-state index contributed by atoms with van der Waals surface area (Å²) in [6.45, 7) is 13.9. The molecule has 3 aliphatic rings. The third-order valence-corrected chi connectivity index (χ3v) is 7.64. The molecule has 1 amide bonds. The first-order chi connectivity index (χ1) is 15.2. The van der Waals surface area contributed by atoms with Crippen LogP contribution in [0.5, 0.6) is 0 Å². The number of hydrogen-bond donors (Lipinski definition) is 2. The largest absolute Gasteiger partial charge is 0.450 e. The van der Waals surface area contributed by atoms with Crippen molar-refractivity contribution in [1.82, 2.24) is 15.1 Å². The number of carbonyl (C=O) groups is 1. The number of anilines is 1. The SMILES string of the molecule is C=C1Nc2c(Cl)cc3cc(C(=O)N4CCN(C(C)(C)C)CC4)oc3c2C2(CCCCC2)N1. The summed E-state index contributed by atoms with van der Waals surface area (Å²) in [5, 5.41) is 8.44. The number of hydrogen-bond acceptors (Lipinski definition) is 5. The average Bonchev–Trinajstić information content (AvgIpc) is 3.16. The van der Waals surface area contributed by atoms with Gasteiger partial charge in [0.05, 0.1) is 22.1 Å². The number of carbonyl (C=O) groups excluding carboxylic acids is 1. The molecule has 2 aliphatic heterocycles. The summed E-state index contributed by atoms with van der Waals surface area (Å²) in [6.07, 6.45) is 5.49. The molecule has 5 rings (SSSR count). The summed E-state index contributed by atoms with van der Waals surface area (Å²) in [4.78, 5) is 17.7. The van der Waals surface area contributed by atoms with Gasteiger partial charge in [-0.3, -0.25) is 9.69 Å². The van der Waals surface area contributed by atoms with Gasteiger partial charge < -0.3 is 20.0 Å². The monoisotopic (exact) mass is 456 g/mol. The molecule has 172 valence electrons. The highest BCUT2D eigenvalue weighted by molar-refractivity contribution is 6.34. The first kappa shape index (κ1) is 21.7. The van der Waals surface area contributed by atoms with E-state index in [1.165, 1.54) is 6.42 Å². The molecule has 1 aromatic heterocycles. The Hall–Kier alpha value is -2.18. The highest BCUT2D eigenvalue weighted by Gasteiger charge is 2.42. The van der Waals surface area contributed by atoms with Gasteiger partial charge in [0.25, 0.3) is 5.91 Å². The molecule has 1 aromatic carbocycles. The third-order valence-electron chi connectivity index (χ3n) is 7.34. The number of rotatable bonds is 1. The van der Waals surface area contributed by atoms with Crippen molar-refractivity contribution in [2.45, 2.75) is 64.0 Å². The smallest absolute Gasteiger partial charge is 0.289 e. The fourth-order valence-electron chi connectivity index (χ4n) is 5.63. The molecule has 2 fully saturated rings. The van der Waals surface area contributed by atoms with Crippen molar-refractivity contribution in [2.24, 2.45) is 0 Å². The summed E-state index contributed by atoms with van der Waals surface area (Å²) < 4.78 is 6.32. The molecule has 7 heteroatoms. The maximum Gasteiger partial charge on any atom is 0.289 e. The summed E-state index contributed by atoms with van der Waals surface area (Å²) in [5.74, 6) is 1.11. The standard InChI is InChI=1S/C25H33ClN4O2/c1-16-27-21-18(26)14-17-15-19(23(31)29-10-12-30(13-11-29)24(2,3)4)32-22(17)20(21)25(28-16)8-6-5-7-9-25/h14-15,27-28H,1,5-13H2,2-4H3. The Balaban J connectivity index is 1.51. The average molecular weight is 457 g/mol. The van der Waals surface area contributed by atoms with Gasteiger partial charge >= 0.3 is 0 Å². The predicted octanol–water partition coefficient (Wildman–Crippen LogP) is 5.29. The van der Waals surface area contributed by atoms with Crippen LogP contribution >= 0.6 is 11.6 Å². The minimum Gasteiger partial charge on any atom is -0.450 e. The van der Waals surface area contributed by atoms with Crippen LogP contribution in [-0.4, -0.2) is 47.4 Å². The van der Waals surface area contributed by atoms with Gasteiger partial charge in [-0.1, -0.05) is 37.4 Å². The van der Waals surface area contributed by atoms with E-state index in [9.17, 15) is 4.79 Å². The second-order valence-corrected chi connectivity index (χ2v) is 10.9. The van der Waals surface area contributed by atoms with Crippen LogP contribution in [0, 0.1) is 0 Å². The normalized spacial score (nSPS) is 21.4. The number of furan rings is 1. The van der Waals surface area contributed by atoms with Crippen LogP contribution in [0.15, 0.2) is 28.9 Å². The second kappa shape index (κ2) is 7.70. The molecule has 0 atom stereocenters. The van der Waals surface area contributed by atoms with Crippen molar-refractivity contribution < 1.29 is 9.21 Å². The lowest BCUT2D eigenvalue weighted by atomic mass is 9.74. The van der Waals surface area contributed by atoms with Gasteiger partial charge in [0.2, 0.25) is 0 Å². The maximum absolute atomic E-state index is 13.3. The van der Waals surface area contributed by atoms with Gasteiger partial charge in [-0.05, 0) is 45.7 Å². The van der Waals surface area contributed by atoms with Gasteiger partial charge in [-0.2, -0.15) is 0 Å². The number of benzene rings is 1. The van der Waals surface area contributed by atoms with Crippen molar-refractivity contribution >= 4 is 34.2 Å². The molecule has 2 aromatic rings. The Labute approximate surface area is 194 Å². The maximum atomic E-state index is 13.3. The van der Waals surface area contributed by atoms with Gasteiger partial charge in [0.1, 0.15) is 5.58 Å². The van der Waals surface area contributed by atoms with Crippen molar-refractivity contribution in [3.63, 3.8) is 0 Å². The molecule has 0 radical (unpaired) electrons. The predicted molar refractivity (Wildman–Crippen MR) is 129 cm³/mol. The van der Waals surface area contributed by atoms with Gasteiger partial charge in [0, 0.05) is 42.7 Å². The Morgan fingerprint density at radius 3 is 2.47 bits per heavy atom. The zero-order valence-electron chi connectivity index (χ0n) is 19.3. The van der Waals surface area contributed by atoms with Crippen LogP contribution in [0.1, 0.15) is 69.0 Å². The van der Waals surface area contributed by atoms with E-state index in [4.69, 9.17) is 16.0 Å². The molecule has 1 aliphatic carbocycles. The van der Waals surface area contributed by atoms with E-state index < -0.39 is 0 Å². The van der Waals surface area contributed by atoms with E-state index >= 15 is 0 Å². The van der Waals surface area contributed by atoms with Gasteiger partial charge in [-0.25, -0.2) is 0 Å². The molecule has 32 heavy (non-hydrogen) atoms. The topological polar surface area (TPSA) is 60.8 Å². The van der Waals surface area contributed by atoms with E-state index in [1.54, 1.807) is 0 Å². The van der Waals surface area contributed by atoms with Crippen molar-refractivity contribution in [3.8, 4) is 0 Å². The van der Waals surface area contributed by atoms with Crippen LogP contribution in [0.2, 0.25) is 5.02 Å². The quantitative estimate of drug-likeness (QED) is 0.610. The summed E-state index contributed by atoms with van der Waals surface area (Å²) in [6, 6.07) is 3.76. The zero-order valence-corrected chi connectivity index (χ0v) is 20.1. The van der Waals surface area contributed by atoms with Crippen LogP contribution in [0.3, 0.4) is 0 Å². The van der Waals surface area contributed by atoms with E-state index in [-0.39, 0.29) is 17.0 Å². The number of piperazine rings is 1. The second-order valence-electron chi connectivity index (χ2n) is 10.5. The van der Waals surface area contributed by atoms with Crippen LogP contribution in [0.4, 0.5) is 5.69 Å². The van der Waals surface area contributed by atoms with Crippen LogP contribution in [-0.2, 0) is 5.54 Å². The minimum absolute atomic E-state index is 0.0431. The zero-order chi connectivity index (χ0) is 22.7. The third kappa shape index (κ3) is 3.57. The Morgan fingerprint density at radius 2 is 1.81 bits per heavy atom. The molecule has 3 heterocycles. The molecule has 1 spiro atoms. The minimum atomic E-state index is -0.254. The highest BCUT2D eigenvalue weighted by Crippen LogP contribution is 2.49.